The fourth-order valence-corrected chi connectivity index (χ4v) is 3.80. The summed E-state index contributed by atoms with van der Waals surface area (Å²) in [7, 11) is 1.64. The van der Waals surface area contributed by atoms with E-state index in [-0.39, 0.29) is 17.8 Å². The van der Waals surface area contributed by atoms with Gasteiger partial charge in [0, 0.05) is 11.6 Å². The van der Waals surface area contributed by atoms with Gasteiger partial charge < -0.3 is 14.8 Å². The Morgan fingerprint density at radius 1 is 1.04 bits per heavy atom. The summed E-state index contributed by atoms with van der Waals surface area (Å²) >= 11 is 0. The lowest BCUT2D eigenvalue weighted by molar-refractivity contribution is -0.150. The molecule has 0 fully saturated rings. The highest BCUT2D eigenvalue weighted by Crippen LogP contribution is 2.41. The minimum Gasteiger partial charge on any atom is -0.497 e. The van der Waals surface area contributed by atoms with Crippen molar-refractivity contribution in [3.05, 3.63) is 60.2 Å². The molecule has 0 aliphatic rings. The molecule has 0 aliphatic carbocycles. The molecule has 0 amide bonds. The second-order valence-electron chi connectivity index (χ2n) is 7.03. The number of benzene rings is 2. The zero-order valence-corrected chi connectivity index (χ0v) is 17.0. The first kappa shape index (κ1) is 20.8. The highest BCUT2D eigenvalue weighted by atomic mass is 16.5. The van der Waals surface area contributed by atoms with Crippen LogP contribution in [0.25, 0.3) is 0 Å². The summed E-state index contributed by atoms with van der Waals surface area (Å²) < 4.78 is 10.8. The number of nitrogens with one attached hydrogen (secondary N) is 1. The molecule has 1 N–H and O–H groups in total. The zero-order chi connectivity index (χ0) is 19.9. The number of carbonyl (C=O) groups excluding carboxylic acids is 1. The molecule has 4 heteroatoms. The van der Waals surface area contributed by atoms with Crippen molar-refractivity contribution in [2.24, 2.45) is 5.92 Å². The number of ether oxygens (including phenoxy) is 2. The molecule has 0 saturated carbocycles. The predicted molar refractivity (Wildman–Crippen MR) is 110 cm³/mol. The smallest absolute Gasteiger partial charge is 0.332 e. The minimum absolute atomic E-state index is 0.0372. The van der Waals surface area contributed by atoms with E-state index >= 15 is 0 Å². The molecular formula is C23H31NO3. The molecule has 0 aliphatic heterocycles. The van der Waals surface area contributed by atoms with E-state index < -0.39 is 5.54 Å². The molecule has 4 nitrogen and oxygen atoms in total. The Hall–Kier alpha value is -2.49. The van der Waals surface area contributed by atoms with Gasteiger partial charge in [-0.3, -0.25) is 0 Å². The molecule has 27 heavy (non-hydrogen) atoms. The summed E-state index contributed by atoms with van der Waals surface area (Å²) in [4.78, 5) is 13.2. The van der Waals surface area contributed by atoms with E-state index in [0.29, 0.717) is 13.0 Å². The van der Waals surface area contributed by atoms with Crippen LogP contribution in [0.2, 0.25) is 0 Å². The van der Waals surface area contributed by atoms with Crippen LogP contribution < -0.4 is 10.1 Å². The first-order chi connectivity index (χ1) is 13.0. The van der Waals surface area contributed by atoms with Crippen molar-refractivity contribution in [1.29, 1.82) is 0 Å². The van der Waals surface area contributed by atoms with E-state index in [0.717, 1.165) is 17.0 Å². The summed E-state index contributed by atoms with van der Waals surface area (Å²) in [5, 5.41) is 3.53. The molecule has 146 valence electrons. The number of carbonyl (C=O) groups is 1. The van der Waals surface area contributed by atoms with Gasteiger partial charge in [0.05, 0.1) is 13.7 Å². The largest absolute Gasteiger partial charge is 0.497 e. The summed E-state index contributed by atoms with van der Waals surface area (Å²) in [5.41, 5.74) is 1.14. The molecule has 0 heterocycles. The van der Waals surface area contributed by atoms with Gasteiger partial charge in [-0.15, -0.1) is 0 Å². The lowest BCUT2D eigenvalue weighted by Crippen LogP contribution is -2.53. The van der Waals surface area contributed by atoms with Crippen molar-refractivity contribution in [1.82, 2.24) is 0 Å². The predicted octanol–water partition coefficient (Wildman–Crippen LogP) is 5.26. The Kier molecular flexibility index (Phi) is 7.28. The molecule has 0 radical (unpaired) electrons. The normalized spacial score (nSPS) is 14.3. The molecule has 2 atom stereocenters. The van der Waals surface area contributed by atoms with Crippen molar-refractivity contribution < 1.29 is 14.3 Å². The van der Waals surface area contributed by atoms with Crippen LogP contribution in [0.3, 0.4) is 0 Å². The van der Waals surface area contributed by atoms with Crippen molar-refractivity contribution in [3.63, 3.8) is 0 Å². The van der Waals surface area contributed by atoms with Crippen LogP contribution in [0.15, 0.2) is 54.6 Å². The highest BCUT2D eigenvalue weighted by molar-refractivity contribution is 5.86. The SMILES string of the molecule is CCOC(=O)[C@@](CC)(Nc1ccc(OC)cc1)[C@H](c1ccccc1)C(C)C. The minimum atomic E-state index is -0.861. The molecule has 0 unspecified atom stereocenters. The number of hydrogen-bond donors (Lipinski definition) is 1. The maximum Gasteiger partial charge on any atom is 0.332 e. The van der Waals surface area contributed by atoms with Gasteiger partial charge in [-0.1, -0.05) is 51.1 Å². The van der Waals surface area contributed by atoms with Crippen LogP contribution in [0, 0.1) is 5.92 Å². The summed E-state index contributed by atoms with van der Waals surface area (Å²) in [6.07, 6.45) is 0.607. The Bertz CT molecular complexity index is 712. The number of rotatable bonds is 9. The van der Waals surface area contributed by atoms with E-state index in [2.05, 4.69) is 31.3 Å². The van der Waals surface area contributed by atoms with E-state index in [1.165, 1.54) is 0 Å². The summed E-state index contributed by atoms with van der Waals surface area (Å²) in [6, 6.07) is 17.9. The third-order valence-electron chi connectivity index (χ3n) is 5.01. The maximum atomic E-state index is 13.2. The van der Waals surface area contributed by atoms with Gasteiger partial charge >= 0.3 is 5.97 Å². The average Bonchev–Trinajstić information content (AvgIpc) is 2.68. The van der Waals surface area contributed by atoms with Gasteiger partial charge in [-0.2, -0.15) is 0 Å². The molecule has 0 bridgehead atoms. The second kappa shape index (κ2) is 9.45. The fraction of sp³-hybridized carbons (Fsp3) is 0.435. The summed E-state index contributed by atoms with van der Waals surface area (Å²) in [5.74, 6) is 0.764. The summed E-state index contributed by atoms with van der Waals surface area (Å²) in [6.45, 7) is 8.53. The maximum absolute atomic E-state index is 13.2. The van der Waals surface area contributed by atoms with E-state index in [9.17, 15) is 4.79 Å². The molecule has 2 aromatic rings. The topological polar surface area (TPSA) is 47.6 Å². The van der Waals surface area contributed by atoms with Crippen LogP contribution in [0.1, 0.15) is 45.6 Å². The molecule has 2 rings (SSSR count). The number of esters is 1. The lowest BCUT2D eigenvalue weighted by Gasteiger charge is -2.42. The number of anilines is 1. The van der Waals surface area contributed by atoms with Crippen LogP contribution in [0.5, 0.6) is 5.75 Å². The lowest BCUT2D eigenvalue weighted by atomic mass is 9.71. The molecular weight excluding hydrogens is 338 g/mol. The third kappa shape index (κ3) is 4.62. The Morgan fingerprint density at radius 3 is 2.15 bits per heavy atom. The molecule has 0 saturated heterocycles. The van der Waals surface area contributed by atoms with Gasteiger partial charge in [-0.05, 0) is 49.1 Å². The van der Waals surface area contributed by atoms with Crippen molar-refractivity contribution in [3.8, 4) is 5.75 Å². The van der Waals surface area contributed by atoms with Crippen LogP contribution in [0.4, 0.5) is 5.69 Å². The molecule has 0 spiro atoms. The van der Waals surface area contributed by atoms with E-state index in [4.69, 9.17) is 9.47 Å². The third-order valence-corrected chi connectivity index (χ3v) is 5.01. The second-order valence-corrected chi connectivity index (χ2v) is 7.03. The van der Waals surface area contributed by atoms with Gasteiger partial charge in [0.15, 0.2) is 0 Å². The number of hydrogen-bond acceptors (Lipinski definition) is 4. The molecule has 2 aromatic carbocycles. The first-order valence-electron chi connectivity index (χ1n) is 9.62. The Balaban J connectivity index is 2.54. The van der Waals surface area contributed by atoms with Crippen LogP contribution >= 0.6 is 0 Å². The fourth-order valence-electron chi connectivity index (χ4n) is 3.80. The highest BCUT2D eigenvalue weighted by Gasteiger charge is 2.47. The van der Waals surface area contributed by atoms with Crippen LogP contribution in [-0.2, 0) is 9.53 Å². The van der Waals surface area contributed by atoms with Crippen molar-refractivity contribution in [2.45, 2.75) is 45.6 Å². The Morgan fingerprint density at radius 2 is 1.67 bits per heavy atom. The zero-order valence-electron chi connectivity index (χ0n) is 17.0. The van der Waals surface area contributed by atoms with E-state index in [1.807, 2.05) is 56.3 Å². The van der Waals surface area contributed by atoms with Crippen LogP contribution in [-0.4, -0.2) is 25.2 Å². The van der Waals surface area contributed by atoms with Gasteiger partial charge in [0.25, 0.3) is 0 Å². The Labute approximate surface area is 162 Å². The standard InChI is InChI=1S/C23H31NO3/c1-6-23(22(25)27-7-2,24-19-13-15-20(26-5)16-14-19)21(17(3)4)18-11-9-8-10-12-18/h8-17,21,24H,6-7H2,1-5H3/t21-,23-/m0/s1. The first-order valence-corrected chi connectivity index (χ1v) is 9.62. The molecule has 0 aromatic heterocycles. The van der Waals surface area contributed by atoms with Gasteiger partial charge in [0.1, 0.15) is 11.3 Å². The van der Waals surface area contributed by atoms with E-state index in [1.54, 1.807) is 7.11 Å². The number of methoxy groups -OCH3 is 1. The van der Waals surface area contributed by atoms with Crippen molar-refractivity contribution >= 4 is 11.7 Å². The quantitative estimate of drug-likeness (QED) is 0.613. The van der Waals surface area contributed by atoms with Gasteiger partial charge in [0.2, 0.25) is 0 Å². The van der Waals surface area contributed by atoms with Gasteiger partial charge in [-0.25, -0.2) is 4.79 Å². The average molecular weight is 370 g/mol. The van der Waals surface area contributed by atoms with Crippen molar-refractivity contribution in [2.75, 3.05) is 19.0 Å². The monoisotopic (exact) mass is 369 g/mol.